The third kappa shape index (κ3) is 3.38. The van der Waals surface area contributed by atoms with E-state index in [1.54, 1.807) is 18.6 Å². The van der Waals surface area contributed by atoms with E-state index in [1.165, 1.54) is 0 Å². The van der Waals surface area contributed by atoms with Crippen LogP contribution >= 0.6 is 0 Å². The van der Waals surface area contributed by atoms with Crippen molar-refractivity contribution in [2.45, 2.75) is 18.4 Å². The van der Waals surface area contributed by atoms with Gasteiger partial charge in [0.05, 0.1) is 24.3 Å². The fourth-order valence-electron chi connectivity index (χ4n) is 3.45. The first-order valence-corrected chi connectivity index (χ1v) is 8.63. The van der Waals surface area contributed by atoms with Crippen LogP contribution in [0.2, 0.25) is 0 Å². The van der Waals surface area contributed by atoms with Gasteiger partial charge in [0, 0.05) is 25.1 Å². The first-order valence-electron chi connectivity index (χ1n) is 8.63. The Kier molecular flexibility index (Phi) is 4.42. The number of nitrogens with one attached hydrogen (secondary N) is 1. The number of ether oxygens (including phenoxy) is 1. The largest absolute Gasteiger partial charge is 0.371 e. The zero-order valence-corrected chi connectivity index (χ0v) is 14.0. The Morgan fingerprint density at radius 1 is 1.16 bits per heavy atom. The molecule has 1 amide bonds. The van der Waals surface area contributed by atoms with Gasteiger partial charge in [0.15, 0.2) is 5.82 Å². The molecule has 0 saturated carbocycles. The zero-order valence-electron chi connectivity index (χ0n) is 14.0. The topological polar surface area (TPSA) is 80.2 Å². The lowest BCUT2D eigenvalue weighted by atomic mass is 9.90. The van der Waals surface area contributed by atoms with Crippen LogP contribution in [0.4, 0.5) is 0 Å². The van der Waals surface area contributed by atoms with Crippen LogP contribution in [0.3, 0.4) is 0 Å². The minimum absolute atomic E-state index is 0.0335. The van der Waals surface area contributed by atoms with E-state index in [2.05, 4.69) is 20.3 Å². The minimum Gasteiger partial charge on any atom is -0.371 e. The lowest BCUT2D eigenvalue weighted by molar-refractivity contribution is -0.114. The summed E-state index contributed by atoms with van der Waals surface area (Å²) in [6.07, 6.45) is 6.75. The molecular weight excluding hydrogens is 318 g/mol. The number of aromatic nitrogens is 3. The number of hydrogen-bond donors (Lipinski definition) is 1. The molecule has 2 aliphatic heterocycles. The van der Waals surface area contributed by atoms with Crippen molar-refractivity contribution in [2.24, 2.45) is 0 Å². The van der Waals surface area contributed by atoms with Crippen molar-refractivity contribution in [3.05, 3.63) is 42.4 Å². The summed E-state index contributed by atoms with van der Waals surface area (Å²) in [6.45, 7) is 3.69. The van der Waals surface area contributed by atoms with Gasteiger partial charge in [0.2, 0.25) is 0 Å². The van der Waals surface area contributed by atoms with Gasteiger partial charge in [0.1, 0.15) is 5.69 Å². The van der Waals surface area contributed by atoms with E-state index in [-0.39, 0.29) is 11.5 Å². The molecule has 7 nitrogen and oxygen atoms in total. The van der Waals surface area contributed by atoms with E-state index in [0.717, 1.165) is 25.9 Å². The molecule has 0 aromatic carbocycles. The molecule has 4 heterocycles. The Morgan fingerprint density at radius 3 is 2.68 bits per heavy atom. The molecule has 2 aliphatic rings. The first-order chi connectivity index (χ1) is 12.3. The van der Waals surface area contributed by atoms with Crippen LogP contribution in [-0.2, 0) is 4.74 Å². The third-order valence-corrected chi connectivity index (χ3v) is 4.84. The molecule has 25 heavy (non-hydrogen) atoms. The van der Waals surface area contributed by atoms with E-state index in [0.29, 0.717) is 36.8 Å². The van der Waals surface area contributed by atoms with Crippen LogP contribution in [0.25, 0.3) is 11.5 Å². The van der Waals surface area contributed by atoms with Crippen LogP contribution in [0.15, 0.2) is 36.8 Å². The maximum absolute atomic E-state index is 12.8. The van der Waals surface area contributed by atoms with Crippen molar-refractivity contribution < 1.29 is 9.53 Å². The second-order valence-electron chi connectivity index (χ2n) is 6.52. The van der Waals surface area contributed by atoms with Crippen LogP contribution < -0.4 is 5.32 Å². The van der Waals surface area contributed by atoms with Crippen LogP contribution in [0, 0.1) is 0 Å². The van der Waals surface area contributed by atoms with Crippen LogP contribution in [-0.4, -0.2) is 64.1 Å². The van der Waals surface area contributed by atoms with Crippen molar-refractivity contribution in [1.29, 1.82) is 0 Å². The summed E-state index contributed by atoms with van der Waals surface area (Å²) in [4.78, 5) is 27.5. The van der Waals surface area contributed by atoms with Crippen molar-refractivity contribution >= 4 is 5.91 Å². The monoisotopic (exact) mass is 339 g/mol. The lowest BCUT2D eigenvalue weighted by Gasteiger charge is -2.45. The number of morpholine rings is 1. The molecule has 2 fully saturated rings. The van der Waals surface area contributed by atoms with Crippen molar-refractivity contribution in [1.82, 2.24) is 25.2 Å². The molecule has 1 N–H and O–H groups in total. The molecule has 0 aliphatic carbocycles. The number of amides is 1. The molecule has 4 rings (SSSR count). The first kappa shape index (κ1) is 16.1. The Hall–Kier alpha value is -2.38. The molecule has 130 valence electrons. The highest BCUT2D eigenvalue weighted by atomic mass is 16.5. The molecule has 2 aromatic heterocycles. The summed E-state index contributed by atoms with van der Waals surface area (Å²) in [6, 6.07) is 5.58. The Labute approximate surface area is 146 Å². The predicted octanol–water partition coefficient (Wildman–Crippen LogP) is 1.13. The number of carbonyl (C=O) groups is 1. The van der Waals surface area contributed by atoms with Gasteiger partial charge in [-0.15, -0.1) is 0 Å². The summed E-state index contributed by atoms with van der Waals surface area (Å²) in [5.41, 5.74) is 1.00. The Bertz CT molecular complexity index is 723. The van der Waals surface area contributed by atoms with Gasteiger partial charge in [-0.1, -0.05) is 6.07 Å². The fraction of sp³-hybridized carbons (Fsp3) is 0.444. The SMILES string of the molecule is O=C(c1cnc(-c2ccccn2)nc1)N1CCOC2(CCNCC2)C1. The molecule has 2 saturated heterocycles. The summed E-state index contributed by atoms with van der Waals surface area (Å²) < 4.78 is 6.03. The Morgan fingerprint density at radius 2 is 1.96 bits per heavy atom. The molecule has 0 bridgehead atoms. The normalized spacial score (nSPS) is 19.8. The Balaban J connectivity index is 1.49. The molecule has 2 aromatic rings. The van der Waals surface area contributed by atoms with Crippen molar-refractivity contribution in [3.8, 4) is 11.5 Å². The molecule has 0 atom stereocenters. The summed E-state index contributed by atoms with van der Waals surface area (Å²) in [7, 11) is 0. The maximum Gasteiger partial charge on any atom is 0.257 e. The highest BCUT2D eigenvalue weighted by Gasteiger charge is 2.39. The van der Waals surface area contributed by atoms with E-state index in [9.17, 15) is 4.79 Å². The maximum atomic E-state index is 12.8. The van der Waals surface area contributed by atoms with Gasteiger partial charge < -0.3 is 15.0 Å². The fourth-order valence-corrected chi connectivity index (χ4v) is 3.45. The molecule has 7 heteroatoms. The standard InChI is InChI=1S/C18H21N5O2/c24-17(23-9-10-25-18(13-23)4-7-19-8-5-18)14-11-21-16(22-12-14)15-3-1-2-6-20-15/h1-3,6,11-12,19H,4-5,7-10,13H2. The number of rotatable bonds is 2. The lowest BCUT2D eigenvalue weighted by Crippen LogP contribution is -2.57. The summed E-state index contributed by atoms with van der Waals surface area (Å²) in [5.74, 6) is 0.489. The highest BCUT2D eigenvalue weighted by molar-refractivity contribution is 5.93. The number of carbonyl (C=O) groups excluding carboxylic acids is 1. The van der Waals surface area contributed by atoms with E-state index >= 15 is 0 Å². The van der Waals surface area contributed by atoms with Crippen molar-refractivity contribution in [3.63, 3.8) is 0 Å². The molecule has 1 spiro atoms. The molecule has 0 unspecified atom stereocenters. The second kappa shape index (κ2) is 6.85. The van der Waals surface area contributed by atoms with Crippen molar-refractivity contribution in [2.75, 3.05) is 32.8 Å². The van der Waals surface area contributed by atoms with E-state index < -0.39 is 0 Å². The summed E-state index contributed by atoms with van der Waals surface area (Å²) >= 11 is 0. The number of piperidine rings is 1. The van der Waals surface area contributed by atoms with E-state index in [4.69, 9.17) is 4.74 Å². The highest BCUT2D eigenvalue weighted by Crippen LogP contribution is 2.28. The van der Waals surface area contributed by atoms with Gasteiger partial charge in [-0.05, 0) is 38.1 Å². The quantitative estimate of drug-likeness (QED) is 0.884. The summed E-state index contributed by atoms with van der Waals surface area (Å²) in [5, 5.41) is 3.34. The van der Waals surface area contributed by atoms with Gasteiger partial charge in [-0.25, -0.2) is 9.97 Å². The van der Waals surface area contributed by atoms with Gasteiger partial charge in [-0.3, -0.25) is 9.78 Å². The minimum atomic E-state index is -0.200. The van der Waals surface area contributed by atoms with E-state index in [1.807, 2.05) is 23.1 Å². The predicted molar refractivity (Wildman–Crippen MR) is 92.0 cm³/mol. The van der Waals surface area contributed by atoms with Gasteiger partial charge in [-0.2, -0.15) is 0 Å². The van der Waals surface area contributed by atoms with Gasteiger partial charge >= 0.3 is 0 Å². The second-order valence-corrected chi connectivity index (χ2v) is 6.52. The van der Waals surface area contributed by atoms with Gasteiger partial charge in [0.25, 0.3) is 5.91 Å². The smallest absolute Gasteiger partial charge is 0.257 e. The third-order valence-electron chi connectivity index (χ3n) is 4.84. The van der Waals surface area contributed by atoms with Crippen LogP contribution in [0.5, 0.6) is 0 Å². The average Bonchev–Trinajstić information content (AvgIpc) is 2.69. The number of nitrogens with zero attached hydrogens (tertiary/aromatic N) is 4. The molecule has 0 radical (unpaired) electrons. The van der Waals surface area contributed by atoms with Crippen LogP contribution in [0.1, 0.15) is 23.2 Å². The molecular formula is C18H21N5O2. The number of hydrogen-bond acceptors (Lipinski definition) is 6. The zero-order chi connectivity index (χ0) is 17.1. The average molecular weight is 339 g/mol. The number of pyridine rings is 1.